The summed E-state index contributed by atoms with van der Waals surface area (Å²) in [6.45, 7) is 1.60. The molecule has 1 aliphatic carbocycles. The molecule has 1 fully saturated rings. The van der Waals surface area contributed by atoms with Gasteiger partial charge in [-0.15, -0.1) is 0 Å². The third kappa shape index (κ3) is 3.78. The molecule has 92 valence electrons. The predicted octanol–water partition coefficient (Wildman–Crippen LogP) is 3.21. The summed E-state index contributed by atoms with van der Waals surface area (Å²) in [5, 5.41) is 0. The number of nitrogens with zero attached hydrogens (tertiary/aromatic N) is 1. The van der Waals surface area contributed by atoms with E-state index < -0.39 is 0 Å². The van der Waals surface area contributed by atoms with Crippen molar-refractivity contribution in [3.05, 3.63) is 33.4 Å². The van der Waals surface area contributed by atoms with Crippen LogP contribution in [0, 0.1) is 9.49 Å². The Hall–Kier alpha value is -0.420. The summed E-state index contributed by atoms with van der Waals surface area (Å²) in [4.78, 5) is 14.2. The number of rotatable bonds is 5. The van der Waals surface area contributed by atoms with Crippen molar-refractivity contribution in [1.82, 2.24) is 4.90 Å². The summed E-state index contributed by atoms with van der Waals surface area (Å²) in [6.07, 6.45) is 4.04. The van der Waals surface area contributed by atoms with Crippen LogP contribution in [0.1, 0.15) is 29.6 Å². The smallest absolute Gasteiger partial charge is 0.176 e. The summed E-state index contributed by atoms with van der Waals surface area (Å²) in [5.74, 6) is 1.05. The molecule has 0 saturated heterocycles. The molecule has 0 spiro atoms. The average molecular weight is 343 g/mol. The van der Waals surface area contributed by atoms with E-state index in [0.29, 0.717) is 6.54 Å². The van der Waals surface area contributed by atoms with Gasteiger partial charge in [-0.2, -0.15) is 0 Å². The molecular weight excluding hydrogens is 325 g/mol. The Labute approximate surface area is 117 Å². The minimum absolute atomic E-state index is 0.225. The Morgan fingerprint density at radius 3 is 2.53 bits per heavy atom. The van der Waals surface area contributed by atoms with E-state index in [-0.39, 0.29) is 5.78 Å². The Kier molecular flexibility index (Phi) is 4.56. The minimum atomic E-state index is 0.225. The molecule has 0 aromatic heterocycles. The summed E-state index contributed by atoms with van der Waals surface area (Å²) in [5.41, 5.74) is 0.825. The Bertz CT molecular complexity index is 384. The second-order valence-corrected chi connectivity index (χ2v) is 6.17. The summed E-state index contributed by atoms with van der Waals surface area (Å²) < 4.78 is 1.17. The molecule has 17 heavy (non-hydrogen) atoms. The van der Waals surface area contributed by atoms with E-state index >= 15 is 0 Å². The van der Waals surface area contributed by atoms with Gasteiger partial charge in [0, 0.05) is 15.7 Å². The molecule has 2 nitrogen and oxygen atoms in total. The first-order valence-electron chi connectivity index (χ1n) is 6.12. The van der Waals surface area contributed by atoms with Crippen molar-refractivity contribution < 1.29 is 4.79 Å². The monoisotopic (exact) mass is 343 g/mol. The van der Waals surface area contributed by atoms with Crippen LogP contribution in [0.15, 0.2) is 24.3 Å². The zero-order chi connectivity index (χ0) is 12.3. The first-order valence-corrected chi connectivity index (χ1v) is 7.20. The van der Waals surface area contributed by atoms with Gasteiger partial charge in [0.25, 0.3) is 0 Å². The van der Waals surface area contributed by atoms with Crippen molar-refractivity contribution in [2.75, 3.05) is 20.1 Å². The van der Waals surface area contributed by atoms with Gasteiger partial charge in [-0.05, 0) is 60.5 Å². The van der Waals surface area contributed by atoms with Gasteiger partial charge in [0.2, 0.25) is 0 Å². The number of ketones is 1. The van der Waals surface area contributed by atoms with Crippen LogP contribution in [-0.2, 0) is 0 Å². The zero-order valence-corrected chi connectivity index (χ0v) is 12.3. The minimum Gasteiger partial charge on any atom is -0.299 e. The topological polar surface area (TPSA) is 20.3 Å². The van der Waals surface area contributed by atoms with Crippen molar-refractivity contribution in [3.63, 3.8) is 0 Å². The summed E-state index contributed by atoms with van der Waals surface area (Å²) in [7, 11) is 2.04. The van der Waals surface area contributed by atoms with E-state index in [9.17, 15) is 4.79 Å². The molecule has 2 rings (SSSR count). The van der Waals surface area contributed by atoms with Gasteiger partial charge in [-0.1, -0.05) is 18.6 Å². The molecule has 0 aliphatic heterocycles. The van der Waals surface area contributed by atoms with Crippen LogP contribution in [-0.4, -0.2) is 30.8 Å². The van der Waals surface area contributed by atoms with Gasteiger partial charge in [-0.25, -0.2) is 0 Å². The third-order valence-electron chi connectivity index (χ3n) is 3.37. The molecule has 1 aromatic carbocycles. The van der Waals surface area contributed by atoms with Gasteiger partial charge in [-0.3, -0.25) is 9.69 Å². The largest absolute Gasteiger partial charge is 0.299 e. The molecule has 0 unspecified atom stereocenters. The zero-order valence-electron chi connectivity index (χ0n) is 10.2. The summed E-state index contributed by atoms with van der Waals surface area (Å²) in [6, 6.07) is 7.81. The Morgan fingerprint density at radius 2 is 2.00 bits per heavy atom. The fourth-order valence-corrected chi connectivity index (χ4v) is 2.51. The SMILES string of the molecule is CN(CC(=O)c1ccc(I)cc1)CC1CCC1. The second kappa shape index (κ2) is 5.96. The van der Waals surface area contributed by atoms with Crippen molar-refractivity contribution in [1.29, 1.82) is 0 Å². The number of hydrogen-bond acceptors (Lipinski definition) is 2. The Morgan fingerprint density at radius 1 is 1.35 bits per heavy atom. The van der Waals surface area contributed by atoms with Crippen LogP contribution < -0.4 is 0 Å². The molecule has 0 amide bonds. The lowest BCUT2D eigenvalue weighted by molar-refractivity contribution is 0.0925. The summed E-state index contributed by atoms with van der Waals surface area (Å²) >= 11 is 2.25. The predicted molar refractivity (Wildman–Crippen MR) is 78.3 cm³/mol. The maximum Gasteiger partial charge on any atom is 0.176 e. The van der Waals surface area contributed by atoms with Crippen LogP contribution >= 0.6 is 22.6 Å². The van der Waals surface area contributed by atoms with E-state index in [4.69, 9.17) is 0 Å². The highest BCUT2D eigenvalue weighted by molar-refractivity contribution is 14.1. The average Bonchev–Trinajstić information content (AvgIpc) is 2.24. The van der Waals surface area contributed by atoms with Crippen molar-refractivity contribution >= 4 is 28.4 Å². The fourth-order valence-electron chi connectivity index (χ4n) is 2.15. The van der Waals surface area contributed by atoms with Crippen molar-refractivity contribution in [3.8, 4) is 0 Å². The van der Waals surface area contributed by atoms with Crippen LogP contribution in [0.3, 0.4) is 0 Å². The van der Waals surface area contributed by atoms with Crippen LogP contribution in [0.4, 0.5) is 0 Å². The number of Topliss-reactive ketones (excluding diaryl/α,β-unsaturated/α-hetero) is 1. The molecule has 0 bridgehead atoms. The van der Waals surface area contributed by atoms with Gasteiger partial charge in [0.1, 0.15) is 0 Å². The van der Waals surface area contributed by atoms with E-state index in [0.717, 1.165) is 18.0 Å². The Balaban J connectivity index is 1.85. The molecule has 0 atom stereocenters. The van der Waals surface area contributed by atoms with Gasteiger partial charge >= 0.3 is 0 Å². The molecule has 0 radical (unpaired) electrons. The fraction of sp³-hybridized carbons (Fsp3) is 0.500. The lowest BCUT2D eigenvalue weighted by Gasteiger charge is -2.29. The first-order chi connectivity index (χ1) is 8.15. The highest BCUT2D eigenvalue weighted by Crippen LogP contribution is 2.26. The molecule has 1 aliphatic rings. The number of likely N-dealkylation sites (N-methyl/N-ethyl adjacent to an activating group) is 1. The number of carbonyl (C=O) groups excluding carboxylic acids is 1. The van der Waals surface area contributed by atoms with Gasteiger partial charge in [0.15, 0.2) is 5.78 Å². The quantitative estimate of drug-likeness (QED) is 0.605. The molecule has 0 heterocycles. The van der Waals surface area contributed by atoms with Crippen molar-refractivity contribution in [2.24, 2.45) is 5.92 Å². The molecule has 1 aromatic rings. The van der Waals surface area contributed by atoms with Crippen LogP contribution in [0.5, 0.6) is 0 Å². The van der Waals surface area contributed by atoms with E-state index in [1.807, 2.05) is 31.3 Å². The molecule has 3 heteroatoms. The number of carbonyl (C=O) groups is 1. The third-order valence-corrected chi connectivity index (χ3v) is 4.09. The van der Waals surface area contributed by atoms with Crippen molar-refractivity contribution in [2.45, 2.75) is 19.3 Å². The van der Waals surface area contributed by atoms with Gasteiger partial charge < -0.3 is 0 Å². The number of benzene rings is 1. The normalized spacial score (nSPS) is 15.9. The second-order valence-electron chi connectivity index (χ2n) is 4.92. The van der Waals surface area contributed by atoms with Crippen LogP contribution in [0.25, 0.3) is 0 Å². The first kappa shape index (κ1) is 13.0. The van der Waals surface area contributed by atoms with Gasteiger partial charge in [0.05, 0.1) is 6.54 Å². The standard InChI is InChI=1S/C14H18INO/c1-16(9-11-3-2-4-11)10-14(17)12-5-7-13(15)8-6-12/h5-8,11H,2-4,9-10H2,1H3. The molecule has 1 saturated carbocycles. The lowest BCUT2D eigenvalue weighted by Crippen LogP contribution is -2.33. The maximum atomic E-state index is 12.0. The number of halogens is 1. The molecule has 0 N–H and O–H groups in total. The highest BCUT2D eigenvalue weighted by atomic mass is 127. The van der Waals surface area contributed by atoms with E-state index in [2.05, 4.69) is 27.5 Å². The highest BCUT2D eigenvalue weighted by Gasteiger charge is 2.20. The maximum absolute atomic E-state index is 12.0. The molecular formula is C14H18INO. The number of hydrogen-bond donors (Lipinski definition) is 0. The van der Waals surface area contributed by atoms with E-state index in [1.165, 1.54) is 22.8 Å². The lowest BCUT2D eigenvalue weighted by atomic mass is 9.85. The van der Waals surface area contributed by atoms with E-state index in [1.54, 1.807) is 0 Å². The van der Waals surface area contributed by atoms with Crippen LogP contribution in [0.2, 0.25) is 0 Å².